The number of nitrogens with zero attached hydrogens (tertiary/aromatic N) is 2. The Bertz CT molecular complexity index is 876. The number of carbonyl (C=O) groups excluding carboxylic acids is 1. The topological polar surface area (TPSA) is 68.0 Å². The van der Waals surface area contributed by atoms with E-state index in [0.717, 1.165) is 22.5 Å². The van der Waals surface area contributed by atoms with Gasteiger partial charge in [0.1, 0.15) is 5.76 Å². The standard InChI is InChI=1S/C18H19N3O2S/c1-10-5-6-14(7-11(10)2)16-9-24-18(19-16)20-17(22)8-15-12(3)21-23-13(15)4/h5-7,9H,8H2,1-4H3,(H,19,20,22). The minimum absolute atomic E-state index is 0.120. The van der Waals surface area contributed by atoms with Gasteiger partial charge in [-0.2, -0.15) is 0 Å². The molecule has 0 aliphatic rings. The Labute approximate surface area is 144 Å². The summed E-state index contributed by atoms with van der Waals surface area (Å²) in [5.74, 6) is 0.558. The van der Waals surface area contributed by atoms with E-state index in [1.165, 1.54) is 22.5 Å². The van der Waals surface area contributed by atoms with Crippen LogP contribution in [0.2, 0.25) is 0 Å². The van der Waals surface area contributed by atoms with Crippen molar-refractivity contribution >= 4 is 22.4 Å². The molecular formula is C18H19N3O2S. The normalized spacial score (nSPS) is 10.8. The van der Waals surface area contributed by atoms with Crippen LogP contribution in [0.15, 0.2) is 28.1 Å². The van der Waals surface area contributed by atoms with Crippen LogP contribution in [0.3, 0.4) is 0 Å². The van der Waals surface area contributed by atoms with Crippen molar-refractivity contribution in [3.8, 4) is 11.3 Å². The largest absolute Gasteiger partial charge is 0.361 e. The monoisotopic (exact) mass is 341 g/mol. The van der Waals surface area contributed by atoms with Gasteiger partial charge in [0, 0.05) is 16.5 Å². The van der Waals surface area contributed by atoms with Crippen LogP contribution >= 0.6 is 11.3 Å². The number of carbonyl (C=O) groups is 1. The second-order valence-electron chi connectivity index (χ2n) is 5.86. The SMILES string of the molecule is Cc1ccc(-c2csc(NC(=O)Cc3c(C)noc3C)n2)cc1C. The molecule has 0 aliphatic heterocycles. The Morgan fingerprint density at radius 2 is 2.00 bits per heavy atom. The van der Waals surface area contributed by atoms with E-state index >= 15 is 0 Å². The number of anilines is 1. The lowest BCUT2D eigenvalue weighted by Crippen LogP contribution is -2.15. The van der Waals surface area contributed by atoms with Crippen LogP contribution in [-0.2, 0) is 11.2 Å². The van der Waals surface area contributed by atoms with Crippen LogP contribution in [0.5, 0.6) is 0 Å². The van der Waals surface area contributed by atoms with Gasteiger partial charge in [-0.25, -0.2) is 4.98 Å². The predicted molar refractivity (Wildman–Crippen MR) is 95.3 cm³/mol. The van der Waals surface area contributed by atoms with Crippen LogP contribution in [0, 0.1) is 27.7 Å². The molecule has 0 unspecified atom stereocenters. The molecule has 3 aromatic rings. The molecule has 1 aromatic carbocycles. The third-order valence-electron chi connectivity index (χ3n) is 4.07. The lowest BCUT2D eigenvalue weighted by Gasteiger charge is -2.03. The van der Waals surface area contributed by atoms with E-state index in [1.54, 1.807) is 0 Å². The number of hydrogen-bond acceptors (Lipinski definition) is 5. The first-order chi connectivity index (χ1) is 11.4. The molecule has 3 rings (SSSR count). The highest BCUT2D eigenvalue weighted by Gasteiger charge is 2.15. The number of aromatic nitrogens is 2. The minimum atomic E-state index is -0.120. The van der Waals surface area contributed by atoms with Crippen LogP contribution in [0.25, 0.3) is 11.3 Å². The summed E-state index contributed by atoms with van der Waals surface area (Å²) in [6, 6.07) is 6.24. The Balaban J connectivity index is 1.71. The molecule has 0 aliphatic carbocycles. The van der Waals surface area contributed by atoms with Gasteiger partial charge in [-0.05, 0) is 44.9 Å². The van der Waals surface area contributed by atoms with E-state index in [-0.39, 0.29) is 12.3 Å². The van der Waals surface area contributed by atoms with E-state index in [2.05, 4.69) is 41.4 Å². The van der Waals surface area contributed by atoms with E-state index in [1.807, 2.05) is 25.3 Å². The number of thiazole rings is 1. The van der Waals surface area contributed by atoms with Crippen molar-refractivity contribution in [2.75, 3.05) is 5.32 Å². The summed E-state index contributed by atoms with van der Waals surface area (Å²) in [5, 5.41) is 9.27. The van der Waals surface area contributed by atoms with Gasteiger partial charge in [-0.1, -0.05) is 17.3 Å². The van der Waals surface area contributed by atoms with Gasteiger partial charge in [0.2, 0.25) is 5.91 Å². The highest BCUT2D eigenvalue weighted by atomic mass is 32.1. The number of benzene rings is 1. The first kappa shape index (κ1) is 16.4. The predicted octanol–water partition coefficient (Wildman–Crippen LogP) is 4.21. The Morgan fingerprint density at radius 1 is 1.21 bits per heavy atom. The summed E-state index contributed by atoms with van der Waals surface area (Å²) in [5.41, 5.74) is 5.99. The molecule has 0 radical (unpaired) electrons. The number of amides is 1. The molecule has 24 heavy (non-hydrogen) atoms. The Hall–Kier alpha value is -2.47. The fraction of sp³-hybridized carbons (Fsp3) is 0.278. The van der Waals surface area contributed by atoms with Crippen molar-refractivity contribution in [1.29, 1.82) is 0 Å². The summed E-state index contributed by atoms with van der Waals surface area (Å²) in [6.45, 7) is 7.81. The van der Waals surface area contributed by atoms with Gasteiger partial charge < -0.3 is 9.84 Å². The Morgan fingerprint density at radius 3 is 2.67 bits per heavy atom. The quantitative estimate of drug-likeness (QED) is 0.772. The van der Waals surface area contributed by atoms with Gasteiger partial charge in [-0.15, -0.1) is 11.3 Å². The van der Waals surface area contributed by atoms with Crippen LogP contribution in [-0.4, -0.2) is 16.0 Å². The highest BCUT2D eigenvalue weighted by Crippen LogP contribution is 2.26. The zero-order valence-electron chi connectivity index (χ0n) is 14.1. The first-order valence-corrected chi connectivity index (χ1v) is 8.56. The maximum Gasteiger partial charge on any atom is 0.230 e. The maximum atomic E-state index is 12.2. The van der Waals surface area contributed by atoms with Gasteiger partial charge in [0.05, 0.1) is 17.8 Å². The minimum Gasteiger partial charge on any atom is -0.361 e. The smallest absolute Gasteiger partial charge is 0.230 e. The zero-order chi connectivity index (χ0) is 17.3. The van der Waals surface area contributed by atoms with Crippen molar-refractivity contribution in [1.82, 2.24) is 10.1 Å². The number of hydrogen-bond donors (Lipinski definition) is 1. The average molecular weight is 341 g/mol. The number of rotatable bonds is 4. The lowest BCUT2D eigenvalue weighted by atomic mass is 10.1. The third-order valence-corrected chi connectivity index (χ3v) is 4.83. The van der Waals surface area contributed by atoms with E-state index in [9.17, 15) is 4.79 Å². The molecular weight excluding hydrogens is 322 g/mol. The second-order valence-corrected chi connectivity index (χ2v) is 6.72. The first-order valence-electron chi connectivity index (χ1n) is 7.69. The molecule has 0 saturated carbocycles. The summed E-state index contributed by atoms with van der Waals surface area (Å²) >= 11 is 1.42. The Kier molecular flexibility index (Phi) is 4.49. The van der Waals surface area contributed by atoms with E-state index in [4.69, 9.17) is 4.52 Å². The molecule has 2 heterocycles. The van der Waals surface area contributed by atoms with Crippen molar-refractivity contribution in [2.45, 2.75) is 34.1 Å². The van der Waals surface area contributed by atoms with Crippen molar-refractivity contribution in [3.05, 3.63) is 51.7 Å². The molecule has 5 nitrogen and oxygen atoms in total. The molecule has 0 spiro atoms. The van der Waals surface area contributed by atoms with Crippen molar-refractivity contribution in [2.24, 2.45) is 0 Å². The number of aryl methyl sites for hydroxylation is 4. The van der Waals surface area contributed by atoms with Gasteiger partial charge in [-0.3, -0.25) is 4.79 Å². The zero-order valence-corrected chi connectivity index (χ0v) is 15.0. The molecule has 6 heteroatoms. The maximum absolute atomic E-state index is 12.2. The van der Waals surface area contributed by atoms with Crippen LogP contribution in [0.1, 0.15) is 28.1 Å². The molecule has 0 fully saturated rings. The van der Waals surface area contributed by atoms with Crippen molar-refractivity contribution in [3.63, 3.8) is 0 Å². The van der Waals surface area contributed by atoms with Gasteiger partial charge >= 0.3 is 0 Å². The molecule has 2 aromatic heterocycles. The van der Waals surface area contributed by atoms with Crippen LogP contribution < -0.4 is 5.32 Å². The molecule has 1 amide bonds. The summed E-state index contributed by atoms with van der Waals surface area (Å²) < 4.78 is 5.09. The molecule has 1 N–H and O–H groups in total. The third kappa shape index (κ3) is 3.38. The summed E-state index contributed by atoms with van der Waals surface area (Å²) in [4.78, 5) is 16.7. The molecule has 0 saturated heterocycles. The van der Waals surface area contributed by atoms with E-state index in [0.29, 0.717) is 10.9 Å². The summed E-state index contributed by atoms with van der Waals surface area (Å²) in [6.07, 6.45) is 0.236. The average Bonchev–Trinajstić information content (AvgIpc) is 3.12. The van der Waals surface area contributed by atoms with Crippen LogP contribution in [0.4, 0.5) is 5.13 Å². The fourth-order valence-electron chi connectivity index (χ4n) is 2.44. The fourth-order valence-corrected chi connectivity index (χ4v) is 3.18. The summed E-state index contributed by atoms with van der Waals surface area (Å²) in [7, 11) is 0. The molecule has 0 bridgehead atoms. The highest BCUT2D eigenvalue weighted by molar-refractivity contribution is 7.14. The molecule has 124 valence electrons. The van der Waals surface area contributed by atoms with Crippen molar-refractivity contribution < 1.29 is 9.32 Å². The second kappa shape index (κ2) is 6.57. The van der Waals surface area contributed by atoms with E-state index < -0.39 is 0 Å². The van der Waals surface area contributed by atoms with Gasteiger partial charge in [0.25, 0.3) is 0 Å². The van der Waals surface area contributed by atoms with Gasteiger partial charge in [0.15, 0.2) is 5.13 Å². The molecule has 0 atom stereocenters. The number of nitrogens with one attached hydrogen (secondary N) is 1. The lowest BCUT2D eigenvalue weighted by molar-refractivity contribution is -0.115.